The molecule has 0 bridgehead atoms. The van der Waals surface area contributed by atoms with E-state index in [1.165, 1.54) is 88.0 Å². The second-order valence-electron chi connectivity index (χ2n) is 14.8. The van der Waals surface area contributed by atoms with Crippen LogP contribution < -0.4 is 0 Å². The smallest absolute Gasteiger partial charge is 0.135 e. The number of rotatable bonds is 3. The van der Waals surface area contributed by atoms with Gasteiger partial charge in [-0.1, -0.05) is 166 Å². The molecule has 0 aliphatic heterocycles. The van der Waals surface area contributed by atoms with E-state index in [0.717, 1.165) is 21.9 Å². The lowest BCUT2D eigenvalue weighted by atomic mass is 9.78. The molecule has 1 aliphatic rings. The van der Waals surface area contributed by atoms with Gasteiger partial charge in [-0.2, -0.15) is 0 Å². The first-order chi connectivity index (χ1) is 25.6. The number of benzene rings is 9. The lowest BCUT2D eigenvalue weighted by Crippen LogP contribution is -2.16. The van der Waals surface area contributed by atoms with Gasteiger partial charge in [0.2, 0.25) is 0 Å². The molecule has 0 amide bonds. The van der Waals surface area contributed by atoms with Crippen LogP contribution in [0.2, 0.25) is 0 Å². The first kappa shape index (κ1) is 29.3. The van der Waals surface area contributed by atoms with E-state index in [1.54, 1.807) is 0 Å². The average molecular weight is 663 g/mol. The van der Waals surface area contributed by atoms with Crippen LogP contribution >= 0.6 is 0 Å². The van der Waals surface area contributed by atoms with E-state index in [4.69, 9.17) is 4.42 Å². The number of para-hydroxylation sites is 1. The monoisotopic (exact) mass is 662 g/mol. The third-order valence-corrected chi connectivity index (χ3v) is 11.6. The van der Waals surface area contributed by atoms with Gasteiger partial charge in [0, 0.05) is 16.2 Å². The Labute approximate surface area is 302 Å². The van der Waals surface area contributed by atoms with E-state index < -0.39 is 0 Å². The maximum Gasteiger partial charge on any atom is 0.135 e. The molecule has 1 heterocycles. The summed E-state index contributed by atoms with van der Waals surface area (Å²) in [6.45, 7) is 4.77. The van der Waals surface area contributed by atoms with Gasteiger partial charge in [-0.05, 0) is 106 Å². The molecule has 11 rings (SSSR count). The summed E-state index contributed by atoms with van der Waals surface area (Å²) in [7, 11) is 0. The first-order valence-corrected chi connectivity index (χ1v) is 18.2. The van der Waals surface area contributed by atoms with Gasteiger partial charge < -0.3 is 4.42 Å². The molecule has 1 aliphatic carbocycles. The Morgan fingerprint density at radius 3 is 1.62 bits per heavy atom. The molecule has 244 valence electrons. The fraction of sp³-hybridized carbons (Fsp3) is 0.0588. The van der Waals surface area contributed by atoms with E-state index in [1.807, 2.05) is 12.1 Å². The SMILES string of the molecule is CC1(C)c2ccc3ccccc3c2-c2cccc(-c3ccc(-c4c5ccccc5c(-c5ccc6oc7ccccc7c6c5)c5ccccc45)cc3)c21. The third-order valence-electron chi connectivity index (χ3n) is 11.6. The fourth-order valence-corrected chi connectivity index (χ4v) is 9.34. The lowest BCUT2D eigenvalue weighted by Gasteiger charge is -2.25. The van der Waals surface area contributed by atoms with Gasteiger partial charge in [0.15, 0.2) is 0 Å². The van der Waals surface area contributed by atoms with Crippen molar-refractivity contribution in [3.8, 4) is 44.5 Å². The second kappa shape index (κ2) is 10.8. The van der Waals surface area contributed by atoms with Crippen molar-refractivity contribution in [3.63, 3.8) is 0 Å². The number of furan rings is 1. The van der Waals surface area contributed by atoms with Gasteiger partial charge in [-0.25, -0.2) is 0 Å². The minimum atomic E-state index is -0.113. The zero-order chi connectivity index (χ0) is 34.6. The second-order valence-corrected chi connectivity index (χ2v) is 14.8. The highest BCUT2D eigenvalue weighted by Crippen LogP contribution is 2.54. The van der Waals surface area contributed by atoms with Crippen LogP contribution in [0.3, 0.4) is 0 Å². The summed E-state index contributed by atoms with van der Waals surface area (Å²) in [5, 5.41) is 9.93. The molecule has 1 aromatic heterocycles. The van der Waals surface area contributed by atoms with E-state index in [9.17, 15) is 0 Å². The normalized spacial score (nSPS) is 13.3. The van der Waals surface area contributed by atoms with Crippen LogP contribution in [0.5, 0.6) is 0 Å². The molecule has 9 aromatic carbocycles. The predicted molar refractivity (Wildman–Crippen MR) is 220 cm³/mol. The van der Waals surface area contributed by atoms with Crippen molar-refractivity contribution >= 4 is 54.3 Å². The van der Waals surface area contributed by atoms with Crippen molar-refractivity contribution < 1.29 is 4.42 Å². The maximum atomic E-state index is 6.21. The molecule has 0 saturated heterocycles. The standard InChI is InChI=1S/C51H34O/c1-51(2)44-28-26-31-12-3-4-13-35(31)49(44)42-20-11-19-36(50(42)51)32-22-24-33(25-23-32)47-38-15-5-7-17-40(38)48(41-18-8-6-16-39(41)47)34-27-29-46-43(30-34)37-14-9-10-21-45(37)52-46/h3-30H,1-2H3. The van der Waals surface area contributed by atoms with E-state index in [0.29, 0.717) is 0 Å². The summed E-state index contributed by atoms with van der Waals surface area (Å²) >= 11 is 0. The molecule has 52 heavy (non-hydrogen) atoms. The molecule has 1 heteroatoms. The van der Waals surface area contributed by atoms with Crippen molar-refractivity contribution in [1.29, 1.82) is 0 Å². The summed E-state index contributed by atoms with van der Waals surface area (Å²) in [6.07, 6.45) is 0. The molecule has 0 unspecified atom stereocenters. The Morgan fingerprint density at radius 1 is 0.365 bits per heavy atom. The molecule has 0 saturated carbocycles. The molecule has 10 aromatic rings. The van der Waals surface area contributed by atoms with Gasteiger partial charge in [0.05, 0.1) is 0 Å². The van der Waals surface area contributed by atoms with Crippen LogP contribution in [-0.4, -0.2) is 0 Å². The molecule has 0 atom stereocenters. The summed E-state index contributed by atoms with van der Waals surface area (Å²) in [6, 6.07) is 62.4. The topological polar surface area (TPSA) is 13.1 Å². The van der Waals surface area contributed by atoms with Crippen molar-refractivity contribution in [2.45, 2.75) is 19.3 Å². The van der Waals surface area contributed by atoms with Crippen LogP contribution in [0.25, 0.3) is 98.8 Å². The zero-order valence-electron chi connectivity index (χ0n) is 29.1. The number of hydrogen-bond acceptors (Lipinski definition) is 1. The van der Waals surface area contributed by atoms with Crippen LogP contribution in [0, 0.1) is 0 Å². The minimum Gasteiger partial charge on any atom is -0.456 e. The molecule has 0 radical (unpaired) electrons. The Morgan fingerprint density at radius 2 is 0.904 bits per heavy atom. The largest absolute Gasteiger partial charge is 0.456 e. The van der Waals surface area contributed by atoms with Crippen LogP contribution in [0.15, 0.2) is 174 Å². The fourth-order valence-electron chi connectivity index (χ4n) is 9.34. The first-order valence-electron chi connectivity index (χ1n) is 18.2. The van der Waals surface area contributed by atoms with E-state index >= 15 is 0 Å². The van der Waals surface area contributed by atoms with E-state index in [2.05, 4.69) is 172 Å². The summed E-state index contributed by atoms with van der Waals surface area (Å²) < 4.78 is 6.21. The third kappa shape index (κ3) is 4.05. The average Bonchev–Trinajstić information content (AvgIpc) is 3.68. The van der Waals surface area contributed by atoms with Crippen LogP contribution in [-0.2, 0) is 5.41 Å². The Hall–Kier alpha value is -6.44. The van der Waals surface area contributed by atoms with Crippen molar-refractivity contribution in [3.05, 3.63) is 181 Å². The Balaban J connectivity index is 1.09. The summed E-state index contributed by atoms with van der Waals surface area (Å²) in [5.74, 6) is 0. The summed E-state index contributed by atoms with van der Waals surface area (Å²) in [5.41, 5.74) is 14.8. The quantitative estimate of drug-likeness (QED) is 0.172. The van der Waals surface area contributed by atoms with Crippen molar-refractivity contribution in [1.82, 2.24) is 0 Å². The predicted octanol–water partition coefficient (Wildman–Crippen LogP) is 14.4. The molecule has 0 N–H and O–H groups in total. The lowest BCUT2D eigenvalue weighted by molar-refractivity contribution is 0.662. The van der Waals surface area contributed by atoms with E-state index in [-0.39, 0.29) is 5.41 Å². The van der Waals surface area contributed by atoms with Gasteiger partial charge in [-0.3, -0.25) is 0 Å². The summed E-state index contributed by atoms with van der Waals surface area (Å²) in [4.78, 5) is 0. The number of hydrogen-bond donors (Lipinski definition) is 0. The highest BCUT2D eigenvalue weighted by Gasteiger charge is 2.38. The van der Waals surface area contributed by atoms with Crippen molar-refractivity contribution in [2.75, 3.05) is 0 Å². The molecular weight excluding hydrogens is 629 g/mol. The maximum absolute atomic E-state index is 6.21. The molecule has 1 nitrogen and oxygen atoms in total. The zero-order valence-corrected chi connectivity index (χ0v) is 29.1. The minimum absolute atomic E-state index is 0.113. The molecular formula is C51H34O. The van der Waals surface area contributed by atoms with Crippen LogP contribution in [0.1, 0.15) is 25.0 Å². The van der Waals surface area contributed by atoms with Gasteiger partial charge in [0.25, 0.3) is 0 Å². The van der Waals surface area contributed by atoms with Gasteiger partial charge >= 0.3 is 0 Å². The Bertz CT molecular complexity index is 3030. The molecule has 0 spiro atoms. The van der Waals surface area contributed by atoms with Crippen molar-refractivity contribution in [2.24, 2.45) is 0 Å². The Kier molecular flexibility index (Phi) is 6.08. The highest BCUT2D eigenvalue weighted by atomic mass is 16.3. The number of fused-ring (bicyclic) bond motifs is 10. The molecule has 0 fully saturated rings. The van der Waals surface area contributed by atoms with Crippen LogP contribution in [0.4, 0.5) is 0 Å². The van der Waals surface area contributed by atoms with Gasteiger partial charge in [0.1, 0.15) is 11.2 Å². The van der Waals surface area contributed by atoms with Gasteiger partial charge in [-0.15, -0.1) is 0 Å². The highest BCUT2D eigenvalue weighted by molar-refractivity contribution is 6.22.